The number of carbonyl (C=O) groups excluding carboxylic acids is 1. The lowest BCUT2D eigenvalue weighted by Gasteiger charge is -2.41. The Bertz CT molecular complexity index is 777. The minimum Gasteiger partial charge on any atom is -0.544 e. The summed E-state index contributed by atoms with van der Waals surface area (Å²) in [6.45, 7) is 15.0. The molecule has 0 bridgehead atoms. The van der Waals surface area contributed by atoms with Gasteiger partial charge in [0, 0.05) is 0 Å². The van der Waals surface area contributed by atoms with Crippen LogP contribution in [0.15, 0.2) is 0 Å². The van der Waals surface area contributed by atoms with E-state index in [2.05, 4.69) is 27.7 Å². The monoisotopic (exact) mass is 655 g/mol. The lowest BCUT2D eigenvalue weighted by molar-refractivity contribution is -0.929. The van der Waals surface area contributed by atoms with Crippen molar-refractivity contribution < 1.29 is 80.2 Å². The Hall–Kier alpha value is -1.62. The molecule has 0 fully saturated rings. The third kappa shape index (κ3) is 8.73. The summed E-state index contributed by atoms with van der Waals surface area (Å²) in [6, 6.07) is 0. The second kappa shape index (κ2) is 15.4. The van der Waals surface area contributed by atoms with Gasteiger partial charge in [0.05, 0.1) is 26.2 Å². The number of hydrogen-bond donors (Lipinski definition) is 0. The summed E-state index contributed by atoms with van der Waals surface area (Å²) >= 11 is 0. The van der Waals surface area contributed by atoms with E-state index in [0.717, 1.165) is 0 Å². The third-order valence-corrected chi connectivity index (χ3v) is 6.53. The van der Waals surface area contributed by atoms with Crippen molar-refractivity contribution in [3.63, 3.8) is 0 Å². The zero-order valence-electron chi connectivity index (χ0n) is 23.4. The standard InChI is InChI=1S/C16H36N.C8HF15O2/c1-5-9-13-17(14-10-6-2,15-11-7-3)16-12-8-4;9-2(10,1(24)25)3(11,12)4(13,14)5(15,16)6(17,18)7(19,20)8(21,22)23/h5-16H2,1-4H3;(H,24,25)/q+1;/p-1. The quantitative estimate of drug-likeness (QED) is 0.111. The number of halogens is 15. The van der Waals surface area contributed by atoms with Crippen molar-refractivity contribution in [2.24, 2.45) is 0 Å². The molecule has 0 atom stereocenters. The number of carboxylic acid groups (broad SMARTS) is 1. The average molecular weight is 656 g/mol. The maximum atomic E-state index is 12.8. The summed E-state index contributed by atoms with van der Waals surface area (Å²) in [5.74, 6) is -53.3. The molecule has 0 aromatic rings. The highest BCUT2D eigenvalue weighted by atomic mass is 19.4. The number of alkyl halides is 15. The molecule has 0 spiro atoms. The van der Waals surface area contributed by atoms with E-state index in [4.69, 9.17) is 0 Å². The SMILES string of the molecule is CCCC[N+](CCCC)(CCCC)CCCC.O=C([O-])C(F)(F)C(F)(F)C(F)(F)C(F)(F)C(F)(F)C(F)(F)C(F)(F)F. The summed E-state index contributed by atoms with van der Waals surface area (Å²) < 4.78 is 188. The molecule has 0 amide bonds. The van der Waals surface area contributed by atoms with Gasteiger partial charge in [0.15, 0.2) is 0 Å². The van der Waals surface area contributed by atoms with E-state index in [1.807, 2.05) is 0 Å². The predicted molar refractivity (Wildman–Crippen MR) is 120 cm³/mol. The molecular weight excluding hydrogens is 619 g/mol. The molecule has 42 heavy (non-hydrogen) atoms. The molecule has 0 unspecified atom stereocenters. The summed E-state index contributed by atoms with van der Waals surface area (Å²) in [4.78, 5) is 9.61. The van der Waals surface area contributed by atoms with Crippen molar-refractivity contribution in [3.8, 4) is 0 Å². The van der Waals surface area contributed by atoms with Gasteiger partial charge in [-0.15, -0.1) is 0 Å². The highest BCUT2D eigenvalue weighted by Crippen LogP contribution is 2.62. The van der Waals surface area contributed by atoms with E-state index in [9.17, 15) is 75.8 Å². The van der Waals surface area contributed by atoms with Crippen LogP contribution >= 0.6 is 0 Å². The van der Waals surface area contributed by atoms with Gasteiger partial charge in [0.25, 0.3) is 0 Å². The van der Waals surface area contributed by atoms with Crippen LogP contribution in [0.1, 0.15) is 79.1 Å². The maximum Gasteiger partial charge on any atom is 0.460 e. The summed E-state index contributed by atoms with van der Waals surface area (Å²) in [6.07, 6.45) is 3.36. The molecule has 0 N–H and O–H groups in total. The molecule has 0 aliphatic rings. The molecule has 0 aliphatic heterocycles. The van der Waals surface area contributed by atoms with Gasteiger partial charge < -0.3 is 14.4 Å². The van der Waals surface area contributed by atoms with Gasteiger partial charge in [-0.05, 0) is 25.7 Å². The number of unbranched alkanes of at least 4 members (excludes halogenated alkanes) is 4. The Labute approximate surface area is 234 Å². The largest absolute Gasteiger partial charge is 0.544 e. The van der Waals surface area contributed by atoms with E-state index >= 15 is 0 Å². The van der Waals surface area contributed by atoms with Crippen LogP contribution in [0.2, 0.25) is 0 Å². The Morgan fingerprint density at radius 3 is 0.929 bits per heavy atom. The van der Waals surface area contributed by atoms with Gasteiger partial charge in [-0.1, -0.05) is 53.4 Å². The fourth-order valence-corrected chi connectivity index (χ4v) is 3.74. The van der Waals surface area contributed by atoms with Crippen LogP contribution in [0.4, 0.5) is 65.9 Å². The fraction of sp³-hybridized carbons (Fsp3) is 0.958. The summed E-state index contributed by atoms with van der Waals surface area (Å²) in [7, 11) is 0. The average Bonchev–Trinajstić information content (AvgIpc) is 2.86. The molecule has 0 rings (SSSR count). The first-order chi connectivity index (χ1) is 18.7. The van der Waals surface area contributed by atoms with E-state index in [0.29, 0.717) is 0 Å². The molecule has 3 nitrogen and oxygen atoms in total. The van der Waals surface area contributed by atoms with E-state index in [1.54, 1.807) is 0 Å². The van der Waals surface area contributed by atoms with E-state index in [1.165, 1.54) is 82.0 Å². The van der Waals surface area contributed by atoms with Crippen LogP contribution in [0.3, 0.4) is 0 Å². The minimum absolute atomic E-state index is 1.35. The zero-order chi connectivity index (χ0) is 34.1. The zero-order valence-corrected chi connectivity index (χ0v) is 23.4. The number of aliphatic carboxylic acids is 1. The molecule has 0 aromatic heterocycles. The molecule has 0 saturated carbocycles. The Balaban J connectivity index is 0. The minimum atomic E-state index is -8.50. The van der Waals surface area contributed by atoms with Crippen molar-refractivity contribution in [1.82, 2.24) is 0 Å². The number of carboxylic acids is 1. The molecular formula is C24H36F15NO2. The number of hydrogen-bond acceptors (Lipinski definition) is 2. The molecule has 0 aromatic carbocycles. The maximum absolute atomic E-state index is 12.8. The van der Waals surface area contributed by atoms with Crippen LogP contribution in [0.5, 0.6) is 0 Å². The number of quaternary nitrogens is 1. The Morgan fingerprint density at radius 2 is 0.714 bits per heavy atom. The van der Waals surface area contributed by atoms with Gasteiger partial charge in [-0.25, -0.2) is 0 Å². The smallest absolute Gasteiger partial charge is 0.460 e. The molecule has 18 heteroatoms. The molecule has 0 radical (unpaired) electrons. The highest BCUT2D eigenvalue weighted by molar-refractivity contribution is 5.75. The molecule has 254 valence electrons. The van der Waals surface area contributed by atoms with Crippen molar-refractivity contribution >= 4 is 5.97 Å². The first-order valence-electron chi connectivity index (χ1n) is 13.1. The lowest BCUT2D eigenvalue weighted by atomic mass is 9.91. The number of rotatable bonds is 18. The Kier molecular flexibility index (Phi) is 15.6. The van der Waals surface area contributed by atoms with E-state index < -0.39 is 47.7 Å². The summed E-state index contributed by atoms with van der Waals surface area (Å²) in [5.41, 5.74) is 0. The van der Waals surface area contributed by atoms with Crippen LogP contribution < -0.4 is 5.11 Å². The Morgan fingerprint density at radius 1 is 0.476 bits per heavy atom. The second-order valence-electron chi connectivity index (χ2n) is 9.88. The van der Waals surface area contributed by atoms with Crippen LogP contribution in [-0.2, 0) is 4.79 Å². The first kappa shape index (κ1) is 42.5. The van der Waals surface area contributed by atoms with Crippen LogP contribution in [0.25, 0.3) is 0 Å². The van der Waals surface area contributed by atoms with Gasteiger partial charge in [0.1, 0.15) is 5.97 Å². The fourth-order valence-electron chi connectivity index (χ4n) is 3.74. The first-order valence-corrected chi connectivity index (χ1v) is 13.1. The van der Waals surface area contributed by atoms with Gasteiger partial charge in [-0.3, -0.25) is 0 Å². The van der Waals surface area contributed by atoms with Crippen LogP contribution in [0, 0.1) is 0 Å². The van der Waals surface area contributed by atoms with Gasteiger partial charge in [-0.2, -0.15) is 65.9 Å². The van der Waals surface area contributed by atoms with Gasteiger partial charge >= 0.3 is 41.7 Å². The second-order valence-corrected chi connectivity index (χ2v) is 9.88. The van der Waals surface area contributed by atoms with Crippen LogP contribution in [-0.4, -0.2) is 78.3 Å². The molecule has 0 saturated heterocycles. The third-order valence-electron chi connectivity index (χ3n) is 6.53. The van der Waals surface area contributed by atoms with Crippen molar-refractivity contribution in [2.45, 2.75) is 121 Å². The topological polar surface area (TPSA) is 40.1 Å². The van der Waals surface area contributed by atoms with Gasteiger partial charge in [0.2, 0.25) is 0 Å². The number of nitrogens with zero attached hydrogens (tertiary/aromatic N) is 1. The predicted octanol–water partition coefficient (Wildman–Crippen LogP) is 8.11. The molecule has 0 heterocycles. The van der Waals surface area contributed by atoms with Crippen molar-refractivity contribution in [3.05, 3.63) is 0 Å². The normalized spacial score (nSPS) is 14.5. The number of carbonyl (C=O) groups is 1. The summed E-state index contributed by atoms with van der Waals surface area (Å²) in [5, 5.41) is 9.61. The lowest BCUT2D eigenvalue weighted by Crippen LogP contribution is -2.74. The molecule has 0 aliphatic carbocycles. The van der Waals surface area contributed by atoms with E-state index in [-0.39, 0.29) is 0 Å². The van der Waals surface area contributed by atoms with Crippen molar-refractivity contribution in [2.75, 3.05) is 26.2 Å². The highest BCUT2D eigenvalue weighted by Gasteiger charge is 2.93. The van der Waals surface area contributed by atoms with Crippen molar-refractivity contribution in [1.29, 1.82) is 0 Å².